The second-order valence-corrected chi connectivity index (χ2v) is 5.61. The normalized spacial score (nSPS) is 14.4. The molecule has 1 aliphatic rings. The quantitative estimate of drug-likeness (QED) is 0.699. The molecule has 0 radical (unpaired) electrons. The van der Waals surface area contributed by atoms with Gasteiger partial charge in [-0.3, -0.25) is 4.79 Å². The molecular weight excluding hydrogens is 290 g/mol. The number of carbonyl (C=O) groups is 1. The second-order valence-electron chi connectivity index (χ2n) is 5.61. The second kappa shape index (κ2) is 5.35. The molecule has 3 aromatic rings. The van der Waals surface area contributed by atoms with Gasteiger partial charge in [0.05, 0.1) is 17.3 Å². The molecular formula is C18H15N3O2. The van der Waals surface area contributed by atoms with Gasteiger partial charge in [0, 0.05) is 17.5 Å². The lowest BCUT2D eigenvalue weighted by atomic mass is 10.2. The summed E-state index contributed by atoms with van der Waals surface area (Å²) in [4.78, 5) is 11.5. The molecule has 0 spiro atoms. The summed E-state index contributed by atoms with van der Waals surface area (Å²) < 4.78 is 3.30. The van der Waals surface area contributed by atoms with E-state index in [4.69, 9.17) is 0 Å². The SMILES string of the molecule is O=C1CC[N+](c2c([O-])n(Cc3ccccc3)c3ccccc23)=N1. The van der Waals surface area contributed by atoms with E-state index in [1.54, 1.807) is 9.26 Å². The average Bonchev–Trinajstić information content (AvgIpc) is 3.11. The lowest BCUT2D eigenvalue weighted by Gasteiger charge is -2.13. The third-order valence-corrected chi connectivity index (χ3v) is 4.11. The topological polar surface area (TPSA) is 60.4 Å². The number of hydrogen-bond donors (Lipinski definition) is 0. The van der Waals surface area contributed by atoms with Crippen LogP contribution in [0.4, 0.5) is 5.69 Å². The van der Waals surface area contributed by atoms with Gasteiger partial charge in [0.1, 0.15) is 0 Å². The summed E-state index contributed by atoms with van der Waals surface area (Å²) >= 11 is 0. The summed E-state index contributed by atoms with van der Waals surface area (Å²) in [7, 11) is 0. The highest BCUT2D eigenvalue weighted by atomic mass is 16.3. The maximum absolute atomic E-state index is 12.9. The van der Waals surface area contributed by atoms with Crippen molar-refractivity contribution in [3.8, 4) is 5.88 Å². The standard InChI is InChI=1S/C18H15N3O2/c22-16-10-11-21(19-16)17-14-8-4-5-9-15(14)20(18(17)23)12-13-6-2-1-3-7-13/h1-9H,10-12H2. The Morgan fingerprint density at radius 1 is 1.09 bits per heavy atom. The zero-order chi connectivity index (χ0) is 15.8. The number of amides is 1. The predicted molar refractivity (Wildman–Crippen MR) is 83.8 cm³/mol. The zero-order valence-corrected chi connectivity index (χ0v) is 12.5. The van der Waals surface area contributed by atoms with Gasteiger partial charge in [0.15, 0.2) is 6.54 Å². The Balaban J connectivity index is 1.90. The molecule has 2 aromatic carbocycles. The van der Waals surface area contributed by atoms with E-state index < -0.39 is 0 Å². The molecule has 0 bridgehead atoms. The third kappa shape index (κ3) is 2.30. The van der Waals surface area contributed by atoms with Crippen LogP contribution in [0.1, 0.15) is 12.0 Å². The summed E-state index contributed by atoms with van der Waals surface area (Å²) in [6.07, 6.45) is 0.359. The molecule has 2 heterocycles. The molecule has 0 saturated carbocycles. The number of azo groups is 2. The van der Waals surface area contributed by atoms with Crippen molar-refractivity contribution in [1.29, 1.82) is 0 Å². The van der Waals surface area contributed by atoms with Gasteiger partial charge in [0.2, 0.25) is 5.69 Å². The van der Waals surface area contributed by atoms with Crippen LogP contribution in [0.25, 0.3) is 10.9 Å². The molecule has 1 aromatic heterocycles. The zero-order valence-electron chi connectivity index (χ0n) is 12.5. The molecule has 4 rings (SSSR count). The van der Waals surface area contributed by atoms with E-state index in [2.05, 4.69) is 5.11 Å². The molecule has 5 nitrogen and oxygen atoms in total. The Morgan fingerprint density at radius 3 is 2.57 bits per heavy atom. The third-order valence-electron chi connectivity index (χ3n) is 4.11. The van der Waals surface area contributed by atoms with Crippen LogP contribution in [0, 0.1) is 0 Å². The molecule has 1 amide bonds. The van der Waals surface area contributed by atoms with Crippen LogP contribution in [0.2, 0.25) is 0 Å². The van der Waals surface area contributed by atoms with Crippen molar-refractivity contribution in [1.82, 2.24) is 4.57 Å². The molecule has 0 saturated heterocycles. The Kier molecular flexibility index (Phi) is 3.19. The largest absolute Gasteiger partial charge is 0.855 e. The summed E-state index contributed by atoms with van der Waals surface area (Å²) in [5, 5.41) is 17.7. The van der Waals surface area contributed by atoms with Gasteiger partial charge in [-0.25, -0.2) is 0 Å². The van der Waals surface area contributed by atoms with Gasteiger partial charge in [0.25, 0.3) is 0 Å². The van der Waals surface area contributed by atoms with Crippen LogP contribution in [0.3, 0.4) is 0 Å². The first kappa shape index (κ1) is 13.7. The Morgan fingerprint density at radius 2 is 1.83 bits per heavy atom. The van der Waals surface area contributed by atoms with E-state index in [-0.39, 0.29) is 11.8 Å². The lowest BCUT2D eigenvalue weighted by molar-refractivity contribution is -0.500. The minimum atomic E-state index is -0.177. The summed E-state index contributed by atoms with van der Waals surface area (Å²) in [6, 6.07) is 17.5. The van der Waals surface area contributed by atoms with Crippen molar-refractivity contribution < 1.29 is 14.6 Å². The highest BCUT2D eigenvalue weighted by Crippen LogP contribution is 2.38. The van der Waals surface area contributed by atoms with Gasteiger partial charge in [-0.1, -0.05) is 47.2 Å². The smallest absolute Gasteiger partial charge is 0.315 e. The Hall–Kier alpha value is -2.95. The average molecular weight is 305 g/mol. The van der Waals surface area contributed by atoms with Gasteiger partial charge < -0.3 is 9.67 Å². The van der Waals surface area contributed by atoms with Gasteiger partial charge >= 0.3 is 5.91 Å². The van der Waals surface area contributed by atoms with Gasteiger partial charge in [-0.15, -0.1) is 0 Å². The summed E-state index contributed by atoms with van der Waals surface area (Å²) in [6.45, 7) is 0.968. The van der Waals surface area contributed by atoms with E-state index in [1.807, 2.05) is 54.6 Å². The lowest BCUT2D eigenvalue weighted by Crippen LogP contribution is -2.08. The molecule has 114 valence electrons. The molecule has 1 aliphatic heterocycles. The Bertz CT molecular complexity index is 926. The number of benzene rings is 2. The number of fused-ring (bicyclic) bond motifs is 1. The van der Waals surface area contributed by atoms with E-state index in [0.717, 1.165) is 16.5 Å². The van der Waals surface area contributed by atoms with E-state index in [9.17, 15) is 9.90 Å². The minimum Gasteiger partial charge on any atom is -0.855 e. The molecule has 0 aliphatic carbocycles. The van der Waals surface area contributed by atoms with Crippen LogP contribution >= 0.6 is 0 Å². The van der Waals surface area contributed by atoms with Crippen molar-refractivity contribution in [2.75, 3.05) is 6.54 Å². The van der Waals surface area contributed by atoms with Crippen LogP contribution in [0.5, 0.6) is 5.88 Å². The minimum absolute atomic E-state index is 0.103. The number of rotatable bonds is 3. The predicted octanol–water partition coefficient (Wildman–Crippen LogP) is 2.79. The number of hydrogen-bond acceptors (Lipinski definition) is 2. The molecule has 0 fully saturated rings. The van der Waals surface area contributed by atoms with Gasteiger partial charge in [-0.2, -0.15) is 0 Å². The summed E-state index contributed by atoms with van der Waals surface area (Å²) in [5.74, 6) is -0.280. The summed E-state index contributed by atoms with van der Waals surface area (Å²) in [5.41, 5.74) is 2.43. The van der Waals surface area contributed by atoms with Crippen molar-refractivity contribution in [2.24, 2.45) is 5.11 Å². The molecule has 5 heteroatoms. The number of nitrogens with zero attached hydrogens (tertiary/aromatic N) is 3. The van der Waals surface area contributed by atoms with Crippen LogP contribution < -0.4 is 5.11 Å². The molecule has 23 heavy (non-hydrogen) atoms. The highest BCUT2D eigenvalue weighted by molar-refractivity contribution is 5.93. The van der Waals surface area contributed by atoms with E-state index in [0.29, 0.717) is 25.2 Å². The van der Waals surface area contributed by atoms with E-state index >= 15 is 0 Å². The fourth-order valence-electron chi connectivity index (χ4n) is 3.03. The monoisotopic (exact) mass is 305 g/mol. The van der Waals surface area contributed by atoms with Crippen LogP contribution in [0.15, 0.2) is 59.7 Å². The fraction of sp³-hybridized carbons (Fsp3) is 0.167. The molecule has 0 N–H and O–H groups in total. The maximum Gasteiger partial charge on any atom is 0.315 e. The molecule has 0 unspecified atom stereocenters. The van der Waals surface area contributed by atoms with Crippen molar-refractivity contribution in [2.45, 2.75) is 13.0 Å². The van der Waals surface area contributed by atoms with E-state index in [1.165, 1.54) is 0 Å². The first-order valence-corrected chi connectivity index (χ1v) is 7.58. The number of aromatic nitrogens is 1. The highest BCUT2D eigenvalue weighted by Gasteiger charge is 2.28. The van der Waals surface area contributed by atoms with Crippen LogP contribution in [-0.2, 0) is 11.3 Å². The van der Waals surface area contributed by atoms with Crippen molar-refractivity contribution in [3.05, 3.63) is 60.2 Å². The fourth-order valence-corrected chi connectivity index (χ4v) is 3.03. The number of para-hydroxylation sites is 1. The first-order chi connectivity index (χ1) is 11.2. The van der Waals surface area contributed by atoms with Crippen molar-refractivity contribution >= 4 is 22.5 Å². The maximum atomic E-state index is 12.9. The van der Waals surface area contributed by atoms with Gasteiger partial charge in [-0.05, 0) is 17.7 Å². The molecule has 0 atom stereocenters. The Labute approximate surface area is 133 Å². The van der Waals surface area contributed by atoms with Crippen molar-refractivity contribution in [3.63, 3.8) is 0 Å². The number of carbonyl (C=O) groups excluding carboxylic acids is 1. The first-order valence-electron chi connectivity index (χ1n) is 7.58. The van der Waals surface area contributed by atoms with Crippen LogP contribution in [-0.4, -0.2) is 21.7 Å².